The quantitative estimate of drug-likeness (QED) is 0.745. The molecule has 0 aliphatic heterocycles. The van der Waals surface area contributed by atoms with E-state index in [2.05, 4.69) is 0 Å². The maximum absolute atomic E-state index is 10.1. The number of carboxylic acid groups (broad SMARTS) is 1. The van der Waals surface area contributed by atoms with Crippen LogP contribution >= 0.6 is 11.6 Å². The number of aliphatic carboxylic acids is 1. The van der Waals surface area contributed by atoms with E-state index in [1.165, 1.54) is 0 Å². The fourth-order valence-corrected chi connectivity index (χ4v) is 0.489. The molecule has 4 heteroatoms. The largest absolute Gasteiger partial charge is 0.481 e. The molecule has 3 nitrogen and oxygen atoms in total. The van der Waals surface area contributed by atoms with Gasteiger partial charge in [0.05, 0.1) is 5.92 Å². The van der Waals surface area contributed by atoms with Crippen molar-refractivity contribution in [1.82, 2.24) is 0 Å². The lowest BCUT2D eigenvalue weighted by Crippen LogP contribution is -2.06. The highest BCUT2D eigenvalue weighted by Crippen LogP contribution is 2.03. The Morgan fingerprint density at radius 1 is 1.14 bits per heavy atom. The first kappa shape index (κ1) is 15.9. The summed E-state index contributed by atoms with van der Waals surface area (Å²) in [5.41, 5.74) is 0. The van der Waals surface area contributed by atoms with Gasteiger partial charge in [0.2, 0.25) is 5.24 Å². The second-order valence-corrected chi connectivity index (χ2v) is 3.63. The topological polar surface area (TPSA) is 54.4 Å². The zero-order valence-electron chi connectivity index (χ0n) is 9.21. The molecule has 0 aliphatic rings. The maximum Gasteiger partial charge on any atom is 0.306 e. The molecule has 0 aromatic rings. The van der Waals surface area contributed by atoms with Gasteiger partial charge in [-0.1, -0.05) is 27.7 Å². The highest BCUT2D eigenvalue weighted by atomic mass is 35.5. The van der Waals surface area contributed by atoms with Gasteiger partial charge in [-0.25, -0.2) is 0 Å². The van der Waals surface area contributed by atoms with Crippen molar-refractivity contribution < 1.29 is 14.7 Å². The number of hydrogen-bond donors (Lipinski definition) is 1. The minimum atomic E-state index is -0.706. The van der Waals surface area contributed by atoms with Gasteiger partial charge in [0.1, 0.15) is 0 Å². The van der Waals surface area contributed by atoms with Crippen molar-refractivity contribution >= 4 is 22.8 Å². The van der Waals surface area contributed by atoms with E-state index in [4.69, 9.17) is 16.7 Å². The van der Waals surface area contributed by atoms with E-state index < -0.39 is 5.97 Å². The van der Waals surface area contributed by atoms with Crippen LogP contribution in [0.15, 0.2) is 0 Å². The van der Waals surface area contributed by atoms with E-state index in [0.717, 1.165) is 12.8 Å². The third-order valence-corrected chi connectivity index (χ3v) is 2.41. The summed E-state index contributed by atoms with van der Waals surface area (Å²) in [7, 11) is 0. The van der Waals surface area contributed by atoms with E-state index in [0.29, 0.717) is 0 Å². The summed E-state index contributed by atoms with van der Waals surface area (Å²) in [6.45, 7) is 7.31. The summed E-state index contributed by atoms with van der Waals surface area (Å²) < 4.78 is 0. The number of carbonyl (C=O) groups excluding carboxylic acids is 1. The van der Waals surface area contributed by atoms with Gasteiger partial charge in [-0.15, -0.1) is 0 Å². The SMILES string of the molecule is CCC(C)C(=O)Cl.CCC(C)C(=O)O. The summed E-state index contributed by atoms with van der Waals surface area (Å²) in [4.78, 5) is 20.1. The molecule has 2 unspecified atom stereocenters. The van der Waals surface area contributed by atoms with Crippen LogP contribution in [-0.2, 0) is 9.59 Å². The molecular weight excluding hydrogens is 204 g/mol. The average molecular weight is 223 g/mol. The van der Waals surface area contributed by atoms with Crippen LogP contribution in [0.25, 0.3) is 0 Å². The molecule has 0 heterocycles. The number of rotatable bonds is 4. The van der Waals surface area contributed by atoms with E-state index in [1.54, 1.807) is 6.92 Å². The van der Waals surface area contributed by atoms with E-state index in [1.807, 2.05) is 20.8 Å². The van der Waals surface area contributed by atoms with Crippen LogP contribution in [0, 0.1) is 11.8 Å². The smallest absolute Gasteiger partial charge is 0.306 e. The highest BCUT2D eigenvalue weighted by molar-refractivity contribution is 6.63. The predicted octanol–water partition coefficient (Wildman–Crippen LogP) is 2.92. The molecule has 0 saturated heterocycles. The normalized spacial score (nSPS) is 13.5. The van der Waals surface area contributed by atoms with Crippen LogP contribution < -0.4 is 0 Å². The first-order chi connectivity index (χ1) is 6.36. The number of hydrogen-bond acceptors (Lipinski definition) is 2. The van der Waals surface area contributed by atoms with E-state index in [-0.39, 0.29) is 17.1 Å². The van der Waals surface area contributed by atoms with Gasteiger partial charge in [0.15, 0.2) is 0 Å². The van der Waals surface area contributed by atoms with Crippen molar-refractivity contribution in [3.05, 3.63) is 0 Å². The van der Waals surface area contributed by atoms with Gasteiger partial charge in [-0.05, 0) is 24.4 Å². The summed E-state index contributed by atoms with van der Waals surface area (Å²) in [5.74, 6) is -0.857. The Labute approximate surface area is 90.5 Å². The molecule has 0 saturated carbocycles. The molecule has 14 heavy (non-hydrogen) atoms. The van der Waals surface area contributed by atoms with Gasteiger partial charge in [0.25, 0.3) is 0 Å². The minimum absolute atomic E-state index is 0.0293. The lowest BCUT2D eigenvalue weighted by molar-refractivity contribution is -0.141. The molecule has 0 rings (SSSR count). The molecule has 84 valence electrons. The van der Waals surface area contributed by atoms with Crippen LogP contribution in [0.2, 0.25) is 0 Å². The molecule has 0 spiro atoms. The molecule has 0 aromatic heterocycles. The lowest BCUT2D eigenvalue weighted by atomic mass is 10.1. The fourth-order valence-electron chi connectivity index (χ4n) is 0.335. The van der Waals surface area contributed by atoms with Crippen LogP contribution in [-0.4, -0.2) is 16.3 Å². The van der Waals surface area contributed by atoms with Crippen LogP contribution in [0.1, 0.15) is 40.5 Å². The monoisotopic (exact) mass is 222 g/mol. The Bertz CT molecular complexity index is 160. The van der Waals surface area contributed by atoms with Crippen LogP contribution in [0.3, 0.4) is 0 Å². The summed E-state index contributed by atoms with van der Waals surface area (Å²) in [6.07, 6.45) is 1.55. The van der Waals surface area contributed by atoms with Crippen molar-refractivity contribution in [3.63, 3.8) is 0 Å². The van der Waals surface area contributed by atoms with Crippen molar-refractivity contribution in [2.75, 3.05) is 0 Å². The second kappa shape index (κ2) is 9.00. The Kier molecular flexibility index (Phi) is 10.2. The first-order valence-electron chi connectivity index (χ1n) is 4.78. The summed E-state index contributed by atoms with van der Waals surface area (Å²) in [5, 5.41) is 7.95. The Morgan fingerprint density at radius 3 is 1.50 bits per heavy atom. The predicted molar refractivity (Wildman–Crippen MR) is 57.4 cm³/mol. The number of halogens is 1. The van der Waals surface area contributed by atoms with Crippen molar-refractivity contribution in [2.45, 2.75) is 40.5 Å². The van der Waals surface area contributed by atoms with Crippen molar-refractivity contribution in [3.8, 4) is 0 Å². The molecule has 2 atom stereocenters. The molecule has 1 N–H and O–H groups in total. The molecule has 0 aliphatic carbocycles. The molecule has 0 aromatic carbocycles. The standard InChI is InChI=1S/C5H9ClO.C5H10O2/c2*1-3-4(2)5(6)7/h4H,3H2,1-2H3;4H,3H2,1-2H3,(H,6,7). The zero-order chi connectivity index (χ0) is 11.7. The minimum Gasteiger partial charge on any atom is -0.481 e. The Hall–Kier alpha value is -0.570. The van der Waals surface area contributed by atoms with Gasteiger partial charge >= 0.3 is 5.97 Å². The zero-order valence-corrected chi connectivity index (χ0v) is 9.97. The van der Waals surface area contributed by atoms with E-state index in [9.17, 15) is 9.59 Å². The Balaban J connectivity index is 0. The third kappa shape index (κ3) is 9.52. The summed E-state index contributed by atoms with van der Waals surface area (Å²) >= 11 is 5.09. The van der Waals surface area contributed by atoms with Gasteiger partial charge in [0, 0.05) is 5.92 Å². The highest BCUT2D eigenvalue weighted by Gasteiger charge is 2.05. The second-order valence-electron chi connectivity index (χ2n) is 3.26. The van der Waals surface area contributed by atoms with E-state index >= 15 is 0 Å². The van der Waals surface area contributed by atoms with Gasteiger partial charge in [-0.2, -0.15) is 0 Å². The Morgan fingerprint density at radius 2 is 1.50 bits per heavy atom. The molecule has 0 bridgehead atoms. The maximum atomic E-state index is 10.1. The van der Waals surface area contributed by atoms with Crippen molar-refractivity contribution in [2.24, 2.45) is 11.8 Å². The average Bonchev–Trinajstić information content (AvgIpc) is 2.15. The number of carbonyl (C=O) groups is 2. The van der Waals surface area contributed by atoms with Gasteiger partial charge < -0.3 is 5.11 Å². The van der Waals surface area contributed by atoms with Crippen molar-refractivity contribution in [1.29, 1.82) is 0 Å². The number of carboxylic acids is 1. The third-order valence-electron chi connectivity index (χ3n) is 2.03. The molecule has 0 fully saturated rings. The summed E-state index contributed by atoms with van der Waals surface area (Å²) in [6, 6.07) is 0. The first-order valence-corrected chi connectivity index (χ1v) is 5.16. The van der Waals surface area contributed by atoms with Crippen LogP contribution in [0.4, 0.5) is 0 Å². The van der Waals surface area contributed by atoms with Crippen LogP contribution in [0.5, 0.6) is 0 Å². The molecule has 0 amide bonds. The molecule has 0 radical (unpaired) electrons. The lowest BCUT2D eigenvalue weighted by Gasteiger charge is -1.96. The molecular formula is C10H19ClO3. The van der Waals surface area contributed by atoms with Gasteiger partial charge in [-0.3, -0.25) is 9.59 Å². The fraction of sp³-hybridized carbons (Fsp3) is 0.800.